The Hall–Kier alpha value is -4.00. The molecule has 0 aliphatic carbocycles. The van der Waals surface area contributed by atoms with E-state index in [9.17, 15) is 28.8 Å². The smallest absolute Gasteiger partial charge is 0.408 e. The van der Waals surface area contributed by atoms with Crippen molar-refractivity contribution >= 4 is 36.0 Å². The van der Waals surface area contributed by atoms with Crippen LogP contribution in [0.15, 0.2) is 30.3 Å². The summed E-state index contributed by atoms with van der Waals surface area (Å²) in [5.74, 6) is -1.79. The van der Waals surface area contributed by atoms with E-state index in [1.807, 2.05) is 30.3 Å². The highest BCUT2D eigenvalue weighted by Crippen LogP contribution is 2.06. The molecule has 1 rings (SSSR count). The Morgan fingerprint density at radius 3 is 2.23 bits per heavy atom. The van der Waals surface area contributed by atoms with Crippen LogP contribution in [-0.2, 0) is 35.1 Å². The Morgan fingerprint density at radius 2 is 1.60 bits per heavy atom. The van der Waals surface area contributed by atoms with Crippen molar-refractivity contribution in [1.82, 2.24) is 26.6 Å². The van der Waals surface area contributed by atoms with E-state index in [0.29, 0.717) is 32.1 Å². The number of nitrogens with two attached hydrogens (primary N) is 1. The minimum atomic E-state index is -0.975. The molecule has 5 amide bonds. The fourth-order valence-electron chi connectivity index (χ4n) is 3.42. The number of aldehydes is 1. The molecule has 13 heteroatoms. The van der Waals surface area contributed by atoms with Gasteiger partial charge in [-0.05, 0) is 45.6 Å². The first-order valence-corrected chi connectivity index (χ1v) is 13.2. The third kappa shape index (κ3) is 16.8. The Balaban J connectivity index is 2.58. The molecule has 0 radical (unpaired) electrons. The van der Waals surface area contributed by atoms with Crippen LogP contribution in [0.1, 0.15) is 52.0 Å². The van der Waals surface area contributed by atoms with E-state index in [-0.39, 0.29) is 31.3 Å². The van der Waals surface area contributed by atoms with E-state index in [0.717, 1.165) is 12.0 Å². The largest absolute Gasteiger partial charge is 0.444 e. The van der Waals surface area contributed by atoms with Gasteiger partial charge in [0.2, 0.25) is 23.6 Å². The van der Waals surface area contributed by atoms with Crippen LogP contribution in [-0.4, -0.2) is 79.9 Å². The Morgan fingerprint density at radius 1 is 0.925 bits per heavy atom. The molecule has 1 aromatic rings. The Kier molecular flexibility index (Phi) is 15.6. The average molecular weight is 563 g/mol. The van der Waals surface area contributed by atoms with Gasteiger partial charge in [-0.2, -0.15) is 0 Å². The number of nitrogens with one attached hydrogen (secondary N) is 5. The summed E-state index contributed by atoms with van der Waals surface area (Å²) in [4.78, 5) is 71.3. The molecule has 0 heterocycles. The summed E-state index contributed by atoms with van der Waals surface area (Å²) in [7, 11) is 0. The van der Waals surface area contributed by atoms with Crippen LogP contribution in [0.4, 0.5) is 4.79 Å². The van der Waals surface area contributed by atoms with Crippen molar-refractivity contribution < 1.29 is 33.5 Å². The van der Waals surface area contributed by atoms with Gasteiger partial charge in [-0.15, -0.1) is 0 Å². The predicted octanol–water partition coefficient (Wildman–Crippen LogP) is -0.326. The van der Waals surface area contributed by atoms with Gasteiger partial charge in [0.05, 0.1) is 18.6 Å². The molecular formula is C27H42N6O7. The monoisotopic (exact) mass is 562 g/mol. The Bertz CT molecular complexity index is 981. The number of primary amides is 1. The summed E-state index contributed by atoms with van der Waals surface area (Å²) in [5, 5.41) is 13.1. The molecule has 0 bridgehead atoms. The second-order valence-electron chi connectivity index (χ2n) is 10.2. The molecule has 40 heavy (non-hydrogen) atoms. The number of carbonyl (C=O) groups excluding carboxylic acids is 6. The minimum Gasteiger partial charge on any atom is -0.444 e. The standard InChI is InChI=1S/C27H42N6O7/c1-27(2,3)40-26(39)32-17-24(37)33-20(18-34)15-30-21(14-19-10-6-4-7-11-19)25(38)31-16-23(36)29-13-9-5-8-12-22(28)35/h4,6-7,10-11,18,20-21,30H,5,8-9,12-17H2,1-3H3,(H2,28,35)(H,29,36)(H,31,38)(H,32,39)(H,33,37)/t20?,21-/m0/s1. The number of alkyl carbamates (subject to hydrolysis) is 1. The molecule has 0 spiro atoms. The van der Waals surface area contributed by atoms with E-state index in [1.165, 1.54) is 0 Å². The zero-order chi connectivity index (χ0) is 30.0. The maximum Gasteiger partial charge on any atom is 0.408 e. The quantitative estimate of drug-likeness (QED) is 0.103. The van der Waals surface area contributed by atoms with Crippen LogP contribution in [0, 0.1) is 0 Å². The van der Waals surface area contributed by atoms with E-state index < -0.39 is 42.1 Å². The number of unbranched alkanes of at least 4 members (excludes halogenated alkanes) is 2. The molecule has 222 valence electrons. The highest BCUT2D eigenvalue weighted by molar-refractivity contribution is 5.88. The van der Waals surface area contributed by atoms with Crippen molar-refractivity contribution in [2.45, 2.75) is 70.6 Å². The maximum atomic E-state index is 12.9. The molecule has 7 N–H and O–H groups in total. The van der Waals surface area contributed by atoms with Crippen molar-refractivity contribution in [3.63, 3.8) is 0 Å². The molecule has 1 aromatic carbocycles. The van der Waals surface area contributed by atoms with Crippen LogP contribution >= 0.6 is 0 Å². The zero-order valence-electron chi connectivity index (χ0n) is 23.4. The van der Waals surface area contributed by atoms with Crippen LogP contribution in [0.25, 0.3) is 0 Å². The molecule has 0 fully saturated rings. The molecule has 0 aliphatic rings. The number of ether oxygens (including phenoxy) is 1. The van der Waals surface area contributed by atoms with Gasteiger partial charge in [0.1, 0.15) is 18.4 Å². The lowest BCUT2D eigenvalue weighted by atomic mass is 10.0. The first-order valence-electron chi connectivity index (χ1n) is 13.2. The molecule has 2 atom stereocenters. The zero-order valence-corrected chi connectivity index (χ0v) is 23.4. The summed E-state index contributed by atoms with van der Waals surface area (Å²) in [5.41, 5.74) is 5.22. The molecular weight excluding hydrogens is 520 g/mol. The van der Waals surface area contributed by atoms with Crippen LogP contribution in [0.3, 0.4) is 0 Å². The minimum absolute atomic E-state index is 0.0654. The van der Waals surface area contributed by atoms with Gasteiger partial charge in [-0.3, -0.25) is 19.2 Å². The molecule has 13 nitrogen and oxygen atoms in total. The summed E-state index contributed by atoms with van der Waals surface area (Å²) in [6.07, 6.45) is 2.40. The van der Waals surface area contributed by atoms with Crippen LogP contribution in [0.5, 0.6) is 0 Å². The lowest BCUT2D eigenvalue weighted by Gasteiger charge is -2.22. The van der Waals surface area contributed by atoms with Gasteiger partial charge in [0.25, 0.3) is 0 Å². The molecule has 0 aromatic heterocycles. The van der Waals surface area contributed by atoms with Crippen molar-refractivity contribution in [3.05, 3.63) is 35.9 Å². The number of hydrogen-bond acceptors (Lipinski definition) is 8. The van der Waals surface area contributed by atoms with Crippen LogP contribution < -0.4 is 32.3 Å². The number of amides is 5. The van der Waals surface area contributed by atoms with Crippen molar-refractivity contribution in [1.29, 1.82) is 0 Å². The third-order valence-electron chi connectivity index (χ3n) is 5.33. The fraction of sp³-hybridized carbons (Fsp3) is 0.556. The van der Waals surface area contributed by atoms with Gasteiger partial charge < -0.3 is 41.8 Å². The summed E-state index contributed by atoms with van der Waals surface area (Å²) in [6.45, 7) is 4.77. The summed E-state index contributed by atoms with van der Waals surface area (Å²) >= 11 is 0. The summed E-state index contributed by atoms with van der Waals surface area (Å²) in [6, 6.07) is 7.40. The van der Waals surface area contributed by atoms with E-state index in [4.69, 9.17) is 10.5 Å². The highest BCUT2D eigenvalue weighted by atomic mass is 16.6. The lowest BCUT2D eigenvalue weighted by Crippen LogP contribution is -2.53. The topological polar surface area (TPSA) is 198 Å². The second kappa shape index (κ2) is 18.3. The van der Waals surface area contributed by atoms with Crippen LogP contribution in [0.2, 0.25) is 0 Å². The third-order valence-corrected chi connectivity index (χ3v) is 5.33. The number of hydrogen-bond donors (Lipinski definition) is 6. The van der Waals surface area contributed by atoms with E-state index in [1.54, 1.807) is 20.8 Å². The van der Waals surface area contributed by atoms with Gasteiger partial charge in [-0.1, -0.05) is 36.8 Å². The van der Waals surface area contributed by atoms with Gasteiger partial charge in [-0.25, -0.2) is 4.79 Å². The fourth-order valence-corrected chi connectivity index (χ4v) is 3.42. The first kappa shape index (κ1) is 34.0. The molecule has 0 saturated carbocycles. The van der Waals surface area contributed by atoms with Crippen molar-refractivity contribution in [2.75, 3.05) is 26.2 Å². The average Bonchev–Trinajstić information content (AvgIpc) is 2.89. The van der Waals surface area contributed by atoms with Gasteiger partial charge in [0, 0.05) is 19.5 Å². The van der Waals surface area contributed by atoms with E-state index >= 15 is 0 Å². The predicted molar refractivity (Wildman–Crippen MR) is 148 cm³/mol. The number of rotatable bonds is 18. The van der Waals surface area contributed by atoms with E-state index in [2.05, 4.69) is 26.6 Å². The molecule has 0 saturated heterocycles. The second-order valence-corrected chi connectivity index (χ2v) is 10.2. The number of carbonyl (C=O) groups is 6. The van der Waals surface area contributed by atoms with Crippen molar-refractivity contribution in [2.24, 2.45) is 5.73 Å². The van der Waals surface area contributed by atoms with Gasteiger partial charge in [0.15, 0.2) is 0 Å². The maximum absolute atomic E-state index is 12.9. The molecule has 0 aliphatic heterocycles. The highest BCUT2D eigenvalue weighted by Gasteiger charge is 2.22. The number of benzene rings is 1. The first-order chi connectivity index (χ1) is 18.9. The molecule has 1 unspecified atom stereocenters. The SMILES string of the molecule is CC(C)(C)OC(=O)NCC(=O)NC(C=O)CN[C@@H](Cc1ccccc1)C(=O)NCC(=O)NCCCCCC(N)=O. The Labute approximate surface area is 234 Å². The van der Waals surface area contributed by atoms with Gasteiger partial charge >= 0.3 is 6.09 Å². The summed E-state index contributed by atoms with van der Waals surface area (Å²) < 4.78 is 5.07. The normalized spacial score (nSPS) is 12.4. The van der Waals surface area contributed by atoms with Crippen molar-refractivity contribution in [3.8, 4) is 0 Å². The lowest BCUT2D eigenvalue weighted by molar-refractivity contribution is -0.127.